The highest BCUT2D eigenvalue weighted by Crippen LogP contribution is 2.29. The number of carbonyl (C=O) groups excluding carboxylic acids is 2. The Kier molecular flexibility index (Phi) is 3.59. The summed E-state index contributed by atoms with van der Waals surface area (Å²) in [5.41, 5.74) is 8.18. The van der Waals surface area contributed by atoms with E-state index in [1.54, 1.807) is 6.92 Å². The summed E-state index contributed by atoms with van der Waals surface area (Å²) in [5, 5.41) is 5.16. The van der Waals surface area contributed by atoms with E-state index in [2.05, 4.69) is 15.5 Å². The highest BCUT2D eigenvalue weighted by Gasteiger charge is 2.17. The molecule has 19 heavy (non-hydrogen) atoms. The Morgan fingerprint density at radius 3 is 2.84 bits per heavy atom. The van der Waals surface area contributed by atoms with E-state index in [9.17, 15) is 9.59 Å². The molecule has 1 aromatic carbocycles. The number of carbonyl (C=O) groups is 2. The van der Waals surface area contributed by atoms with Gasteiger partial charge >= 0.3 is 6.03 Å². The number of fused-ring (bicyclic) bond motifs is 1. The number of hydrogen-bond donors (Lipinski definition) is 3. The summed E-state index contributed by atoms with van der Waals surface area (Å²) < 4.78 is 0. The van der Waals surface area contributed by atoms with Crippen molar-refractivity contribution < 1.29 is 9.59 Å². The van der Waals surface area contributed by atoms with E-state index < -0.39 is 18.0 Å². The van der Waals surface area contributed by atoms with Crippen LogP contribution in [0.2, 0.25) is 0 Å². The largest absolute Gasteiger partial charge is 0.374 e. The normalized spacial score (nSPS) is 14.7. The Balaban J connectivity index is 2.02. The topological polar surface area (TPSA) is 87.5 Å². The molecule has 1 aromatic rings. The molecule has 0 radical (unpaired) electrons. The number of benzene rings is 1. The first kappa shape index (κ1) is 13.2. The summed E-state index contributed by atoms with van der Waals surface area (Å²) in [6, 6.07) is 4.65. The van der Waals surface area contributed by atoms with E-state index in [-0.39, 0.29) is 0 Å². The van der Waals surface area contributed by atoms with Crippen molar-refractivity contribution in [2.45, 2.75) is 19.4 Å². The summed E-state index contributed by atoms with van der Waals surface area (Å²) in [6.45, 7) is 2.53. The van der Waals surface area contributed by atoms with Gasteiger partial charge in [0.05, 0.1) is 0 Å². The maximum absolute atomic E-state index is 11.7. The van der Waals surface area contributed by atoms with Crippen LogP contribution in [-0.2, 0) is 11.2 Å². The molecular weight excluding hydrogens is 244 g/mol. The van der Waals surface area contributed by atoms with Gasteiger partial charge < -0.3 is 21.3 Å². The molecule has 102 valence electrons. The number of nitrogens with two attached hydrogens (primary N) is 1. The van der Waals surface area contributed by atoms with Gasteiger partial charge in [0.25, 0.3) is 0 Å². The summed E-state index contributed by atoms with van der Waals surface area (Å²) in [5.74, 6) is -0.566. The van der Waals surface area contributed by atoms with Crippen LogP contribution in [0.1, 0.15) is 12.5 Å². The van der Waals surface area contributed by atoms with Gasteiger partial charge in [0, 0.05) is 25.0 Å². The number of nitrogens with one attached hydrogen (secondary N) is 2. The van der Waals surface area contributed by atoms with Crippen molar-refractivity contribution in [2.75, 3.05) is 23.8 Å². The van der Waals surface area contributed by atoms with E-state index in [0.29, 0.717) is 5.69 Å². The number of likely N-dealkylation sites (N-methyl/N-ethyl adjacent to an activating group) is 1. The first-order valence-corrected chi connectivity index (χ1v) is 6.18. The van der Waals surface area contributed by atoms with Crippen molar-refractivity contribution in [1.82, 2.24) is 5.32 Å². The average Bonchev–Trinajstić information content (AvgIpc) is 2.70. The standard InChI is InChI=1S/C13H18N4O2/c1-8(12(14)18)15-13(19)16-10-4-3-9-5-6-17(2)11(9)7-10/h3-4,7-8H,5-6H2,1-2H3,(H2,14,18)(H2,15,16,19). The van der Waals surface area contributed by atoms with E-state index in [1.807, 2.05) is 25.2 Å². The lowest BCUT2D eigenvalue weighted by atomic mass is 10.1. The second kappa shape index (κ2) is 5.17. The van der Waals surface area contributed by atoms with Crippen LogP contribution in [-0.4, -0.2) is 31.6 Å². The van der Waals surface area contributed by atoms with Crippen molar-refractivity contribution in [3.05, 3.63) is 23.8 Å². The van der Waals surface area contributed by atoms with E-state index in [1.165, 1.54) is 5.56 Å². The van der Waals surface area contributed by atoms with E-state index in [0.717, 1.165) is 18.7 Å². The zero-order valence-electron chi connectivity index (χ0n) is 11.1. The van der Waals surface area contributed by atoms with Gasteiger partial charge in [-0.15, -0.1) is 0 Å². The van der Waals surface area contributed by atoms with Crippen LogP contribution in [0.4, 0.5) is 16.2 Å². The smallest absolute Gasteiger partial charge is 0.319 e. The first-order valence-electron chi connectivity index (χ1n) is 6.18. The number of hydrogen-bond acceptors (Lipinski definition) is 3. The molecule has 6 nitrogen and oxygen atoms in total. The van der Waals surface area contributed by atoms with Crippen molar-refractivity contribution in [2.24, 2.45) is 5.73 Å². The highest BCUT2D eigenvalue weighted by molar-refractivity contribution is 5.93. The lowest BCUT2D eigenvalue weighted by Gasteiger charge is -2.15. The number of rotatable bonds is 3. The van der Waals surface area contributed by atoms with Crippen molar-refractivity contribution in [1.29, 1.82) is 0 Å². The van der Waals surface area contributed by atoms with Crippen LogP contribution in [0.5, 0.6) is 0 Å². The minimum atomic E-state index is -0.697. The third kappa shape index (κ3) is 2.96. The molecule has 0 saturated heterocycles. The Bertz CT molecular complexity index is 515. The lowest BCUT2D eigenvalue weighted by molar-refractivity contribution is -0.119. The molecule has 0 saturated carbocycles. The molecule has 0 bridgehead atoms. The van der Waals surface area contributed by atoms with Gasteiger partial charge in [0.2, 0.25) is 5.91 Å². The molecule has 0 aliphatic carbocycles. The molecule has 6 heteroatoms. The summed E-state index contributed by atoms with van der Waals surface area (Å²) in [6.07, 6.45) is 1.02. The minimum absolute atomic E-state index is 0.438. The molecule has 2 rings (SSSR count). The third-order valence-electron chi connectivity index (χ3n) is 3.25. The molecule has 0 aromatic heterocycles. The molecular formula is C13H18N4O2. The first-order chi connectivity index (χ1) is 8.97. The van der Waals surface area contributed by atoms with Crippen molar-refractivity contribution in [3.8, 4) is 0 Å². The number of anilines is 2. The van der Waals surface area contributed by atoms with Gasteiger partial charge in [-0.3, -0.25) is 4.79 Å². The van der Waals surface area contributed by atoms with Crippen LogP contribution >= 0.6 is 0 Å². The molecule has 1 aliphatic rings. The fraction of sp³-hybridized carbons (Fsp3) is 0.385. The van der Waals surface area contributed by atoms with Crippen molar-refractivity contribution in [3.63, 3.8) is 0 Å². The summed E-state index contributed by atoms with van der Waals surface area (Å²) in [7, 11) is 2.02. The van der Waals surface area contributed by atoms with Gasteiger partial charge in [0.1, 0.15) is 6.04 Å². The van der Waals surface area contributed by atoms with Crippen LogP contribution < -0.4 is 21.3 Å². The Hall–Kier alpha value is -2.24. The fourth-order valence-corrected chi connectivity index (χ4v) is 2.05. The van der Waals surface area contributed by atoms with Gasteiger partial charge in [-0.25, -0.2) is 4.79 Å². The Labute approximate surface area is 112 Å². The maximum atomic E-state index is 11.7. The van der Waals surface area contributed by atoms with Gasteiger partial charge in [-0.05, 0) is 31.0 Å². The minimum Gasteiger partial charge on any atom is -0.374 e. The summed E-state index contributed by atoms with van der Waals surface area (Å²) >= 11 is 0. The predicted molar refractivity (Wildman–Crippen MR) is 74.2 cm³/mol. The van der Waals surface area contributed by atoms with Crippen molar-refractivity contribution >= 4 is 23.3 Å². The molecule has 1 aliphatic heterocycles. The monoisotopic (exact) mass is 262 g/mol. The Morgan fingerprint density at radius 2 is 2.16 bits per heavy atom. The second-order valence-electron chi connectivity index (χ2n) is 4.74. The predicted octanol–water partition coefficient (Wildman–Crippen LogP) is 0.674. The van der Waals surface area contributed by atoms with Crippen LogP contribution in [0, 0.1) is 0 Å². The number of urea groups is 1. The zero-order chi connectivity index (χ0) is 14.0. The van der Waals surface area contributed by atoms with E-state index >= 15 is 0 Å². The number of nitrogens with zero attached hydrogens (tertiary/aromatic N) is 1. The van der Waals surface area contributed by atoms with E-state index in [4.69, 9.17) is 5.73 Å². The van der Waals surface area contributed by atoms with Gasteiger partial charge in [-0.1, -0.05) is 6.07 Å². The zero-order valence-corrected chi connectivity index (χ0v) is 11.1. The fourth-order valence-electron chi connectivity index (χ4n) is 2.05. The molecule has 3 amide bonds. The molecule has 4 N–H and O–H groups in total. The SMILES string of the molecule is CC(NC(=O)Nc1ccc2c(c1)N(C)CC2)C(N)=O. The second-order valence-corrected chi connectivity index (χ2v) is 4.74. The molecule has 0 fully saturated rings. The average molecular weight is 262 g/mol. The van der Waals surface area contributed by atoms with Crippen LogP contribution in [0.25, 0.3) is 0 Å². The quantitative estimate of drug-likeness (QED) is 0.748. The lowest BCUT2D eigenvalue weighted by Crippen LogP contribution is -2.44. The third-order valence-corrected chi connectivity index (χ3v) is 3.25. The molecule has 0 spiro atoms. The van der Waals surface area contributed by atoms with Gasteiger partial charge in [0.15, 0.2) is 0 Å². The Morgan fingerprint density at radius 1 is 1.42 bits per heavy atom. The number of primary amides is 1. The molecule has 1 atom stereocenters. The molecule has 1 heterocycles. The van der Waals surface area contributed by atoms with Crippen LogP contribution in [0.3, 0.4) is 0 Å². The molecule has 1 unspecified atom stereocenters. The number of amides is 3. The highest BCUT2D eigenvalue weighted by atomic mass is 16.2. The summed E-state index contributed by atoms with van der Waals surface area (Å²) in [4.78, 5) is 24.7. The maximum Gasteiger partial charge on any atom is 0.319 e. The van der Waals surface area contributed by atoms with Crippen LogP contribution in [0.15, 0.2) is 18.2 Å². The van der Waals surface area contributed by atoms with Gasteiger partial charge in [-0.2, -0.15) is 0 Å².